The molecule has 1 aliphatic rings. The van der Waals surface area contributed by atoms with E-state index in [0.717, 1.165) is 18.2 Å². The van der Waals surface area contributed by atoms with Gasteiger partial charge in [-0.25, -0.2) is 8.78 Å². The maximum atomic E-state index is 13.3. The van der Waals surface area contributed by atoms with Gasteiger partial charge in [0.05, 0.1) is 30.8 Å². The van der Waals surface area contributed by atoms with E-state index in [1.54, 1.807) is 18.2 Å². The number of ether oxygens (including phenoxy) is 2. The molecule has 0 saturated carbocycles. The Kier molecular flexibility index (Phi) is 8.76. The lowest BCUT2D eigenvalue weighted by atomic mass is 9.74. The summed E-state index contributed by atoms with van der Waals surface area (Å²) >= 11 is 0. The van der Waals surface area contributed by atoms with Crippen molar-refractivity contribution in [2.24, 2.45) is 5.41 Å². The molecule has 0 radical (unpaired) electrons. The number of carboxylic acid groups (broad SMARTS) is 1. The number of rotatable bonds is 11. The zero-order valence-corrected chi connectivity index (χ0v) is 21.2. The molecular formula is C28H32F2N2O6. The fourth-order valence-electron chi connectivity index (χ4n) is 5.12. The Labute approximate surface area is 219 Å². The van der Waals surface area contributed by atoms with Crippen LogP contribution < -0.4 is 9.47 Å². The fourth-order valence-corrected chi connectivity index (χ4v) is 5.12. The number of hydrogen-bond acceptors (Lipinski definition) is 7. The molecule has 2 aromatic carbocycles. The zero-order valence-electron chi connectivity index (χ0n) is 21.2. The Hall–Kier alpha value is -3.34. The van der Waals surface area contributed by atoms with Crippen molar-refractivity contribution in [3.8, 4) is 11.5 Å². The van der Waals surface area contributed by atoms with E-state index in [0.29, 0.717) is 60.3 Å². The minimum atomic E-state index is -0.996. The first-order chi connectivity index (χ1) is 18.2. The Morgan fingerprint density at radius 3 is 2.47 bits per heavy atom. The van der Waals surface area contributed by atoms with Crippen molar-refractivity contribution in [2.75, 3.05) is 33.4 Å². The highest BCUT2D eigenvalue weighted by atomic mass is 19.1. The molecule has 3 aromatic rings. The quantitative estimate of drug-likeness (QED) is 0.340. The number of likely N-dealkylation sites (tertiary alicyclic amines) is 1. The van der Waals surface area contributed by atoms with E-state index in [9.17, 15) is 28.9 Å². The number of aromatic nitrogens is 1. The lowest BCUT2D eigenvalue weighted by Crippen LogP contribution is -2.45. The van der Waals surface area contributed by atoms with Gasteiger partial charge in [0.25, 0.3) is 0 Å². The van der Waals surface area contributed by atoms with Crippen molar-refractivity contribution in [1.82, 2.24) is 9.88 Å². The second-order valence-electron chi connectivity index (χ2n) is 9.67. The van der Waals surface area contributed by atoms with Crippen LogP contribution in [0.5, 0.6) is 11.5 Å². The summed E-state index contributed by atoms with van der Waals surface area (Å²) in [5.41, 5.74) is 0.654. The average Bonchev–Trinajstić information content (AvgIpc) is 2.90. The highest BCUT2D eigenvalue weighted by Crippen LogP contribution is 2.40. The van der Waals surface area contributed by atoms with Crippen LogP contribution in [0.15, 0.2) is 42.6 Å². The summed E-state index contributed by atoms with van der Waals surface area (Å²) in [6.45, 7) is 1.42. The minimum Gasteiger partial charge on any atom is -0.497 e. The van der Waals surface area contributed by atoms with Gasteiger partial charge in [0.1, 0.15) is 29.7 Å². The maximum Gasteiger partial charge on any atom is 0.309 e. The van der Waals surface area contributed by atoms with Gasteiger partial charge in [0.15, 0.2) is 0 Å². The number of nitrogens with zero attached hydrogens (tertiary/aromatic N) is 2. The molecular weight excluding hydrogens is 498 g/mol. The molecule has 0 aliphatic carbocycles. The van der Waals surface area contributed by atoms with Gasteiger partial charge in [-0.3, -0.25) is 14.7 Å². The molecule has 0 amide bonds. The number of halogens is 2. The summed E-state index contributed by atoms with van der Waals surface area (Å²) in [5.74, 6) is -1.63. The van der Waals surface area contributed by atoms with Gasteiger partial charge in [0, 0.05) is 41.9 Å². The summed E-state index contributed by atoms with van der Waals surface area (Å²) < 4.78 is 37.5. The van der Waals surface area contributed by atoms with Gasteiger partial charge >= 0.3 is 5.97 Å². The predicted octanol–water partition coefficient (Wildman–Crippen LogP) is 4.07. The molecule has 3 N–H and O–H groups in total. The van der Waals surface area contributed by atoms with Gasteiger partial charge in [0.2, 0.25) is 0 Å². The number of fused-ring (bicyclic) bond motifs is 1. The maximum absolute atomic E-state index is 13.3. The number of aliphatic carboxylic acids is 1. The van der Waals surface area contributed by atoms with Crippen molar-refractivity contribution in [3.05, 3.63) is 65.4 Å². The molecule has 10 heteroatoms. The molecule has 4 rings (SSSR count). The first-order valence-electron chi connectivity index (χ1n) is 12.5. The molecule has 0 bridgehead atoms. The lowest BCUT2D eigenvalue weighted by Gasteiger charge is -2.39. The number of carbonyl (C=O) groups is 1. The molecule has 1 aliphatic heterocycles. The summed E-state index contributed by atoms with van der Waals surface area (Å²) in [6.07, 6.45) is 1.77. The minimum absolute atomic E-state index is 0.108. The van der Waals surface area contributed by atoms with Crippen LogP contribution in [0.3, 0.4) is 0 Å². The van der Waals surface area contributed by atoms with Gasteiger partial charge in [-0.05, 0) is 62.5 Å². The molecule has 0 spiro atoms. The van der Waals surface area contributed by atoms with E-state index in [1.807, 2.05) is 0 Å². The molecule has 8 nitrogen and oxygen atoms in total. The Morgan fingerprint density at radius 2 is 1.84 bits per heavy atom. The second-order valence-corrected chi connectivity index (χ2v) is 9.67. The number of hydrogen-bond donors (Lipinski definition) is 3. The molecule has 1 unspecified atom stereocenters. The fraction of sp³-hybridized carbons (Fsp3) is 0.429. The van der Waals surface area contributed by atoms with Gasteiger partial charge in [-0.15, -0.1) is 0 Å². The van der Waals surface area contributed by atoms with Gasteiger partial charge < -0.3 is 24.8 Å². The lowest BCUT2D eigenvalue weighted by molar-refractivity contribution is -0.153. The van der Waals surface area contributed by atoms with Crippen molar-refractivity contribution >= 4 is 16.9 Å². The first kappa shape index (κ1) is 27.7. The summed E-state index contributed by atoms with van der Waals surface area (Å²) in [5, 5.41) is 31.8. The smallest absolute Gasteiger partial charge is 0.309 e. The third kappa shape index (κ3) is 6.20. The number of methoxy groups -OCH3 is 1. The SMILES string of the molecule is COc1ccc2ncc(CO)c(C(O)CCC3(C(=O)O)CCN(CCOc4cc(F)cc(F)c4)CC3)c2c1. The Balaban J connectivity index is 1.39. The number of benzene rings is 2. The summed E-state index contributed by atoms with van der Waals surface area (Å²) in [6, 6.07) is 8.30. The second kappa shape index (κ2) is 12.0. The van der Waals surface area contributed by atoms with Crippen LogP contribution in [0.25, 0.3) is 10.9 Å². The van der Waals surface area contributed by atoms with Crippen LogP contribution >= 0.6 is 0 Å². The molecule has 1 atom stereocenters. The number of aliphatic hydroxyl groups is 2. The molecule has 1 saturated heterocycles. The van der Waals surface area contributed by atoms with Crippen LogP contribution in [0.4, 0.5) is 8.78 Å². The number of aliphatic hydroxyl groups excluding tert-OH is 2. The normalized spacial score (nSPS) is 16.3. The molecule has 2 heterocycles. The van der Waals surface area contributed by atoms with Crippen LogP contribution in [0.1, 0.15) is 42.9 Å². The first-order valence-corrected chi connectivity index (χ1v) is 12.5. The molecule has 1 fully saturated rings. The number of piperidine rings is 1. The highest BCUT2D eigenvalue weighted by molar-refractivity contribution is 5.85. The Morgan fingerprint density at radius 1 is 1.13 bits per heavy atom. The van der Waals surface area contributed by atoms with E-state index < -0.39 is 29.1 Å². The van der Waals surface area contributed by atoms with E-state index in [-0.39, 0.29) is 31.8 Å². The van der Waals surface area contributed by atoms with Crippen LogP contribution in [0, 0.1) is 17.0 Å². The average molecular weight is 531 g/mol. The van der Waals surface area contributed by atoms with E-state index >= 15 is 0 Å². The third-order valence-electron chi connectivity index (χ3n) is 7.38. The third-order valence-corrected chi connectivity index (χ3v) is 7.38. The highest BCUT2D eigenvalue weighted by Gasteiger charge is 2.41. The predicted molar refractivity (Wildman–Crippen MR) is 136 cm³/mol. The van der Waals surface area contributed by atoms with Crippen molar-refractivity contribution in [3.63, 3.8) is 0 Å². The summed E-state index contributed by atoms with van der Waals surface area (Å²) in [4.78, 5) is 18.8. The topological polar surface area (TPSA) is 112 Å². The largest absolute Gasteiger partial charge is 0.497 e. The molecule has 204 valence electrons. The van der Waals surface area contributed by atoms with E-state index in [4.69, 9.17) is 9.47 Å². The molecule has 38 heavy (non-hydrogen) atoms. The van der Waals surface area contributed by atoms with Gasteiger partial charge in [-0.2, -0.15) is 0 Å². The van der Waals surface area contributed by atoms with E-state index in [2.05, 4.69) is 9.88 Å². The molecule has 1 aromatic heterocycles. The monoisotopic (exact) mass is 530 g/mol. The van der Waals surface area contributed by atoms with Crippen LogP contribution in [0.2, 0.25) is 0 Å². The van der Waals surface area contributed by atoms with Crippen molar-refractivity contribution in [1.29, 1.82) is 0 Å². The van der Waals surface area contributed by atoms with Crippen LogP contribution in [-0.4, -0.2) is 64.5 Å². The van der Waals surface area contributed by atoms with Crippen molar-refractivity contribution < 1.29 is 38.4 Å². The standard InChI is InChI=1S/C28H32F2N2O6/c1-37-21-2-3-24-23(15-21)26(18(17-33)16-31-24)25(34)4-5-28(27(35)36)6-8-32(9-7-28)10-11-38-22-13-19(29)12-20(30)14-22/h2-3,12-16,25,33-34H,4-11,17H2,1H3,(H,35,36). The van der Waals surface area contributed by atoms with Crippen molar-refractivity contribution in [2.45, 2.75) is 38.4 Å². The number of pyridine rings is 1. The van der Waals surface area contributed by atoms with Crippen LogP contribution in [-0.2, 0) is 11.4 Å². The Bertz CT molecular complexity index is 1250. The number of carboxylic acids is 1. The van der Waals surface area contributed by atoms with Gasteiger partial charge in [-0.1, -0.05) is 0 Å². The summed E-state index contributed by atoms with van der Waals surface area (Å²) in [7, 11) is 1.54. The van der Waals surface area contributed by atoms with E-state index in [1.165, 1.54) is 13.3 Å². The zero-order chi connectivity index (χ0) is 27.3.